The molecular weight excluding hydrogens is 296 g/mol. The number of benzene rings is 2. The van der Waals surface area contributed by atoms with Crippen molar-refractivity contribution in [3.63, 3.8) is 0 Å². The molecule has 1 aromatic heterocycles. The molecule has 0 aliphatic carbocycles. The Kier molecular flexibility index (Phi) is 5.12. The Balaban J connectivity index is 1.71. The first-order valence-corrected chi connectivity index (χ1v) is 8.22. The van der Waals surface area contributed by atoms with Crippen LogP contribution < -0.4 is 5.32 Å². The lowest BCUT2D eigenvalue weighted by molar-refractivity contribution is -0.121. The van der Waals surface area contributed by atoms with Gasteiger partial charge in [-0.25, -0.2) is 0 Å². The van der Waals surface area contributed by atoms with Crippen molar-refractivity contribution in [3.05, 3.63) is 95.8 Å². The number of aryl methyl sites for hydroxylation is 1. The Morgan fingerprint density at radius 3 is 2.46 bits per heavy atom. The van der Waals surface area contributed by atoms with Crippen LogP contribution in [0.25, 0.3) is 0 Å². The minimum atomic E-state index is 0.00988. The summed E-state index contributed by atoms with van der Waals surface area (Å²) in [5.41, 5.74) is 3.47. The van der Waals surface area contributed by atoms with Gasteiger partial charge in [0.2, 0.25) is 5.91 Å². The summed E-state index contributed by atoms with van der Waals surface area (Å²) in [6.07, 6.45) is 4.44. The van der Waals surface area contributed by atoms with Crippen LogP contribution in [-0.4, -0.2) is 10.5 Å². The molecule has 3 heteroatoms. The number of hydrogen-bond donors (Lipinski definition) is 1. The highest BCUT2D eigenvalue weighted by atomic mass is 16.1. The van der Waals surface area contributed by atoms with Crippen molar-refractivity contribution in [2.45, 2.75) is 25.9 Å². The Labute approximate surface area is 143 Å². The maximum atomic E-state index is 12.5. The zero-order valence-electron chi connectivity index (χ0n) is 13.9. The fraction of sp³-hybridized carbons (Fsp3) is 0.190. The summed E-state index contributed by atoms with van der Waals surface area (Å²) in [6, 6.07) is 22.3. The number of carbonyl (C=O) groups excluding carboxylic acids is 1. The Hall–Kier alpha value is -2.81. The lowest BCUT2D eigenvalue weighted by Gasteiger charge is -2.20. The molecule has 3 aromatic rings. The molecule has 1 N–H and O–H groups in total. The predicted molar refractivity (Wildman–Crippen MR) is 96.7 cm³/mol. The van der Waals surface area contributed by atoms with Crippen LogP contribution in [0.4, 0.5) is 0 Å². The molecule has 0 aliphatic heterocycles. The minimum Gasteiger partial charge on any atom is -0.352 e. The van der Waals surface area contributed by atoms with E-state index in [0.29, 0.717) is 13.0 Å². The molecule has 1 atom stereocenters. The normalized spacial score (nSPS) is 11.9. The molecule has 0 bridgehead atoms. The second kappa shape index (κ2) is 7.64. The topological polar surface area (TPSA) is 34.0 Å². The van der Waals surface area contributed by atoms with Gasteiger partial charge in [0, 0.05) is 18.9 Å². The number of nitrogens with zero attached hydrogens (tertiary/aromatic N) is 1. The molecule has 0 spiro atoms. The third kappa shape index (κ3) is 4.13. The second-order valence-corrected chi connectivity index (χ2v) is 6.03. The molecule has 2 aromatic carbocycles. The molecule has 0 saturated carbocycles. The Morgan fingerprint density at radius 2 is 1.75 bits per heavy atom. The summed E-state index contributed by atoms with van der Waals surface area (Å²) in [7, 11) is 0. The van der Waals surface area contributed by atoms with Gasteiger partial charge >= 0.3 is 0 Å². The van der Waals surface area contributed by atoms with E-state index in [1.807, 2.05) is 60.9 Å². The molecule has 1 unspecified atom stereocenters. The van der Waals surface area contributed by atoms with Crippen LogP contribution >= 0.6 is 0 Å². The number of nitrogens with one attached hydrogen (secondary N) is 1. The van der Waals surface area contributed by atoms with Gasteiger partial charge in [0.1, 0.15) is 0 Å². The van der Waals surface area contributed by atoms with Gasteiger partial charge in [0.05, 0.1) is 12.5 Å². The largest absolute Gasteiger partial charge is 0.352 e. The van der Waals surface area contributed by atoms with Crippen LogP contribution in [0, 0.1) is 6.92 Å². The highest BCUT2D eigenvalue weighted by Gasteiger charge is 2.17. The monoisotopic (exact) mass is 318 g/mol. The molecule has 1 amide bonds. The van der Waals surface area contributed by atoms with E-state index in [0.717, 1.165) is 11.1 Å². The van der Waals surface area contributed by atoms with Crippen LogP contribution in [-0.2, 0) is 11.3 Å². The number of carbonyl (C=O) groups is 1. The summed E-state index contributed by atoms with van der Waals surface area (Å²) in [5.74, 6) is 0.0547. The highest BCUT2D eigenvalue weighted by molar-refractivity contribution is 5.76. The van der Waals surface area contributed by atoms with Gasteiger partial charge in [0.25, 0.3) is 0 Å². The van der Waals surface area contributed by atoms with Crippen LogP contribution in [0.5, 0.6) is 0 Å². The van der Waals surface area contributed by atoms with Gasteiger partial charge in [-0.2, -0.15) is 0 Å². The van der Waals surface area contributed by atoms with Gasteiger partial charge in [-0.1, -0.05) is 60.2 Å². The SMILES string of the molecule is Cc1cccc(C(CC(=O)NCc2ccccc2)n2cccc2)c1. The van der Waals surface area contributed by atoms with Crippen molar-refractivity contribution in [2.24, 2.45) is 0 Å². The van der Waals surface area contributed by atoms with Gasteiger partial charge in [-0.15, -0.1) is 0 Å². The number of aromatic nitrogens is 1. The average molecular weight is 318 g/mol. The molecular formula is C21H22N2O. The lowest BCUT2D eigenvalue weighted by atomic mass is 10.0. The Bertz CT molecular complexity index is 779. The highest BCUT2D eigenvalue weighted by Crippen LogP contribution is 2.23. The van der Waals surface area contributed by atoms with E-state index in [9.17, 15) is 4.79 Å². The minimum absolute atomic E-state index is 0.00988. The van der Waals surface area contributed by atoms with Gasteiger partial charge in [0.15, 0.2) is 0 Å². The van der Waals surface area contributed by atoms with Gasteiger partial charge in [-0.05, 0) is 30.2 Å². The first-order valence-electron chi connectivity index (χ1n) is 8.22. The summed E-state index contributed by atoms with van der Waals surface area (Å²) in [5, 5.41) is 3.02. The van der Waals surface area contributed by atoms with Crippen LogP contribution in [0.1, 0.15) is 29.2 Å². The summed E-state index contributed by atoms with van der Waals surface area (Å²) in [4.78, 5) is 12.5. The quantitative estimate of drug-likeness (QED) is 0.729. The fourth-order valence-electron chi connectivity index (χ4n) is 2.87. The van der Waals surface area contributed by atoms with Crippen molar-refractivity contribution in [3.8, 4) is 0 Å². The third-order valence-electron chi connectivity index (χ3n) is 4.13. The third-order valence-corrected chi connectivity index (χ3v) is 4.13. The molecule has 122 valence electrons. The molecule has 0 saturated heterocycles. The van der Waals surface area contributed by atoms with E-state index in [1.165, 1.54) is 5.56 Å². The summed E-state index contributed by atoms with van der Waals surface area (Å²) >= 11 is 0. The standard InChI is InChI=1S/C21H22N2O/c1-17-8-7-11-19(14-17)20(23-12-5-6-13-23)15-21(24)22-16-18-9-3-2-4-10-18/h2-14,20H,15-16H2,1H3,(H,22,24). The average Bonchev–Trinajstić information content (AvgIpc) is 3.13. The molecule has 3 nitrogen and oxygen atoms in total. The zero-order valence-corrected chi connectivity index (χ0v) is 13.9. The van der Waals surface area contributed by atoms with Crippen LogP contribution in [0.2, 0.25) is 0 Å². The lowest BCUT2D eigenvalue weighted by Crippen LogP contribution is -2.26. The zero-order chi connectivity index (χ0) is 16.8. The summed E-state index contributed by atoms with van der Waals surface area (Å²) < 4.78 is 2.09. The van der Waals surface area contributed by atoms with E-state index < -0.39 is 0 Å². The van der Waals surface area contributed by atoms with Crippen LogP contribution in [0.15, 0.2) is 79.1 Å². The van der Waals surface area contributed by atoms with Crippen molar-refractivity contribution in [2.75, 3.05) is 0 Å². The van der Waals surface area contributed by atoms with Crippen molar-refractivity contribution in [1.82, 2.24) is 9.88 Å². The molecule has 0 radical (unpaired) electrons. The number of amides is 1. The van der Waals surface area contributed by atoms with Crippen molar-refractivity contribution in [1.29, 1.82) is 0 Å². The van der Waals surface area contributed by atoms with Crippen molar-refractivity contribution >= 4 is 5.91 Å². The smallest absolute Gasteiger partial charge is 0.222 e. The maximum Gasteiger partial charge on any atom is 0.222 e. The first kappa shape index (κ1) is 16.1. The first-order chi connectivity index (χ1) is 11.7. The van der Waals surface area contributed by atoms with Gasteiger partial charge < -0.3 is 9.88 Å². The van der Waals surface area contributed by atoms with Crippen LogP contribution in [0.3, 0.4) is 0 Å². The number of hydrogen-bond acceptors (Lipinski definition) is 1. The number of rotatable bonds is 6. The van der Waals surface area contributed by atoms with E-state index in [-0.39, 0.29) is 11.9 Å². The summed E-state index contributed by atoms with van der Waals surface area (Å²) in [6.45, 7) is 2.64. The van der Waals surface area contributed by atoms with E-state index in [2.05, 4.69) is 35.0 Å². The molecule has 0 fully saturated rings. The Morgan fingerprint density at radius 1 is 1.00 bits per heavy atom. The van der Waals surface area contributed by atoms with E-state index >= 15 is 0 Å². The van der Waals surface area contributed by atoms with Crippen molar-refractivity contribution < 1.29 is 4.79 Å². The molecule has 0 aliphatic rings. The molecule has 3 rings (SSSR count). The molecule has 24 heavy (non-hydrogen) atoms. The fourth-order valence-corrected chi connectivity index (χ4v) is 2.87. The maximum absolute atomic E-state index is 12.5. The van der Waals surface area contributed by atoms with E-state index in [1.54, 1.807) is 0 Å². The van der Waals surface area contributed by atoms with Gasteiger partial charge in [-0.3, -0.25) is 4.79 Å². The molecule has 1 heterocycles. The second-order valence-electron chi connectivity index (χ2n) is 6.03. The van der Waals surface area contributed by atoms with E-state index in [4.69, 9.17) is 0 Å². The predicted octanol–water partition coefficient (Wildman–Crippen LogP) is 4.09.